The minimum Gasteiger partial charge on any atom is -0.336 e. The largest absolute Gasteiger partial charge is 0.336 e. The van der Waals surface area contributed by atoms with Crippen molar-refractivity contribution in [1.82, 2.24) is 9.80 Å². The monoisotopic (exact) mass is 385 g/mol. The molecule has 0 aliphatic carbocycles. The van der Waals surface area contributed by atoms with Crippen LogP contribution in [0.15, 0.2) is 42.5 Å². The highest BCUT2D eigenvalue weighted by Gasteiger charge is 2.23. The van der Waals surface area contributed by atoms with Gasteiger partial charge >= 0.3 is 0 Å². The first-order valence-electron chi connectivity index (χ1n) is 9.06. The average Bonchev–Trinajstić information content (AvgIpc) is 2.65. The minimum absolute atomic E-state index is 0.0167. The van der Waals surface area contributed by atoms with E-state index in [-0.39, 0.29) is 11.8 Å². The Hall–Kier alpha value is -2.37. The average molecular weight is 386 g/mol. The summed E-state index contributed by atoms with van der Waals surface area (Å²) in [6, 6.07) is 13.0. The molecule has 1 aliphatic heterocycles. The summed E-state index contributed by atoms with van der Waals surface area (Å²) >= 11 is 5.97. The zero-order chi connectivity index (χ0) is 19.4. The molecule has 0 saturated carbocycles. The van der Waals surface area contributed by atoms with Gasteiger partial charge in [-0.3, -0.25) is 14.5 Å². The summed E-state index contributed by atoms with van der Waals surface area (Å²) in [6.45, 7) is 6.86. The summed E-state index contributed by atoms with van der Waals surface area (Å²) in [5.74, 6) is -0.0460. The highest BCUT2D eigenvalue weighted by molar-refractivity contribution is 6.30. The zero-order valence-electron chi connectivity index (χ0n) is 15.7. The standard InChI is InChI=1S/C21H24ClN3O2/c1-15-6-7-16(2)19(12-15)23-20(26)14-24-8-10-25(11-9-24)21(27)17-4-3-5-18(22)13-17/h3-7,12-13H,8-11,14H2,1-2H3,(H,23,26). The molecular weight excluding hydrogens is 362 g/mol. The molecule has 3 rings (SSSR count). The quantitative estimate of drug-likeness (QED) is 0.878. The predicted octanol–water partition coefficient (Wildman–Crippen LogP) is 3.35. The summed E-state index contributed by atoms with van der Waals surface area (Å²) in [5, 5.41) is 3.55. The van der Waals surface area contributed by atoms with Crippen LogP contribution in [0, 0.1) is 13.8 Å². The maximum absolute atomic E-state index is 12.6. The van der Waals surface area contributed by atoms with Crippen molar-refractivity contribution in [2.45, 2.75) is 13.8 Å². The topological polar surface area (TPSA) is 52.7 Å². The van der Waals surface area contributed by atoms with Gasteiger partial charge in [-0.1, -0.05) is 29.8 Å². The minimum atomic E-state index is -0.0293. The number of halogens is 1. The number of nitrogens with zero attached hydrogens (tertiary/aromatic N) is 2. The van der Waals surface area contributed by atoms with E-state index in [4.69, 9.17) is 11.6 Å². The van der Waals surface area contributed by atoms with Gasteiger partial charge in [0, 0.05) is 42.5 Å². The van der Waals surface area contributed by atoms with E-state index in [1.807, 2.05) is 36.9 Å². The van der Waals surface area contributed by atoms with Crippen LogP contribution in [0.1, 0.15) is 21.5 Å². The summed E-state index contributed by atoms with van der Waals surface area (Å²) in [4.78, 5) is 28.8. The number of carbonyl (C=O) groups excluding carboxylic acids is 2. The first kappa shape index (κ1) is 19.4. The molecule has 0 unspecified atom stereocenters. The van der Waals surface area contributed by atoms with Crippen molar-refractivity contribution < 1.29 is 9.59 Å². The molecule has 1 N–H and O–H groups in total. The van der Waals surface area contributed by atoms with Gasteiger partial charge in [-0.15, -0.1) is 0 Å². The maximum Gasteiger partial charge on any atom is 0.253 e. The number of amides is 2. The zero-order valence-corrected chi connectivity index (χ0v) is 16.4. The molecule has 0 bridgehead atoms. The van der Waals surface area contributed by atoms with E-state index in [0.29, 0.717) is 43.3 Å². The summed E-state index contributed by atoms with van der Waals surface area (Å²) < 4.78 is 0. The van der Waals surface area contributed by atoms with E-state index in [0.717, 1.165) is 16.8 Å². The van der Waals surface area contributed by atoms with Gasteiger partial charge in [-0.25, -0.2) is 0 Å². The van der Waals surface area contributed by atoms with Crippen LogP contribution >= 0.6 is 11.6 Å². The lowest BCUT2D eigenvalue weighted by atomic mass is 10.1. The van der Waals surface area contributed by atoms with Gasteiger partial charge in [0.2, 0.25) is 5.91 Å². The van der Waals surface area contributed by atoms with Crippen LogP contribution in [0.25, 0.3) is 0 Å². The van der Waals surface area contributed by atoms with Crippen LogP contribution in [0.2, 0.25) is 5.02 Å². The molecule has 0 radical (unpaired) electrons. The lowest BCUT2D eigenvalue weighted by molar-refractivity contribution is -0.117. The number of piperazine rings is 1. The van der Waals surface area contributed by atoms with Gasteiger partial charge in [0.25, 0.3) is 5.91 Å². The van der Waals surface area contributed by atoms with Gasteiger partial charge in [0.1, 0.15) is 0 Å². The molecule has 0 aromatic heterocycles. The number of hydrogen-bond acceptors (Lipinski definition) is 3. The van der Waals surface area contributed by atoms with Gasteiger partial charge < -0.3 is 10.2 Å². The third kappa shape index (κ3) is 5.08. The van der Waals surface area contributed by atoms with E-state index in [1.165, 1.54) is 0 Å². The fourth-order valence-electron chi connectivity index (χ4n) is 3.18. The summed E-state index contributed by atoms with van der Waals surface area (Å²) in [5.41, 5.74) is 3.62. The van der Waals surface area contributed by atoms with E-state index in [1.54, 1.807) is 24.3 Å². The Labute approximate surface area is 164 Å². The summed E-state index contributed by atoms with van der Waals surface area (Å²) in [6.07, 6.45) is 0. The molecule has 142 valence electrons. The Bertz CT molecular complexity index is 845. The second-order valence-electron chi connectivity index (χ2n) is 6.95. The number of hydrogen-bond donors (Lipinski definition) is 1. The fourth-order valence-corrected chi connectivity index (χ4v) is 3.37. The normalized spacial score (nSPS) is 14.9. The third-order valence-electron chi connectivity index (χ3n) is 4.77. The van der Waals surface area contributed by atoms with E-state index in [9.17, 15) is 9.59 Å². The van der Waals surface area contributed by atoms with Crippen molar-refractivity contribution in [3.8, 4) is 0 Å². The van der Waals surface area contributed by atoms with Gasteiger partial charge in [0.15, 0.2) is 0 Å². The van der Waals surface area contributed by atoms with Crippen molar-refractivity contribution in [3.05, 3.63) is 64.2 Å². The molecule has 2 amide bonds. The number of carbonyl (C=O) groups is 2. The van der Waals surface area contributed by atoms with Crippen molar-refractivity contribution >= 4 is 29.1 Å². The SMILES string of the molecule is Cc1ccc(C)c(NC(=O)CN2CCN(C(=O)c3cccc(Cl)c3)CC2)c1. The molecule has 1 saturated heterocycles. The Kier molecular flexibility index (Phi) is 6.14. The molecule has 1 fully saturated rings. The lowest BCUT2D eigenvalue weighted by Crippen LogP contribution is -2.50. The van der Waals surface area contributed by atoms with Gasteiger partial charge in [-0.05, 0) is 49.2 Å². The van der Waals surface area contributed by atoms with Crippen LogP contribution in [-0.2, 0) is 4.79 Å². The molecule has 1 heterocycles. The van der Waals surface area contributed by atoms with Gasteiger partial charge in [-0.2, -0.15) is 0 Å². The maximum atomic E-state index is 12.6. The number of nitrogens with one attached hydrogen (secondary N) is 1. The highest BCUT2D eigenvalue weighted by Crippen LogP contribution is 2.17. The van der Waals surface area contributed by atoms with Gasteiger partial charge in [0.05, 0.1) is 6.54 Å². The van der Waals surface area contributed by atoms with Crippen molar-refractivity contribution in [3.63, 3.8) is 0 Å². The Morgan fingerprint density at radius 1 is 1.04 bits per heavy atom. The third-order valence-corrected chi connectivity index (χ3v) is 5.00. The van der Waals surface area contributed by atoms with Crippen LogP contribution in [0.3, 0.4) is 0 Å². The molecule has 2 aromatic rings. The van der Waals surface area contributed by atoms with Crippen molar-refractivity contribution in [1.29, 1.82) is 0 Å². The number of aryl methyl sites for hydroxylation is 2. The number of anilines is 1. The van der Waals surface area contributed by atoms with E-state index in [2.05, 4.69) is 10.2 Å². The Balaban J connectivity index is 1.51. The number of rotatable bonds is 4. The molecule has 0 atom stereocenters. The second kappa shape index (κ2) is 8.55. The van der Waals surface area contributed by atoms with Crippen LogP contribution in [-0.4, -0.2) is 54.3 Å². The smallest absolute Gasteiger partial charge is 0.253 e. The molecule has 5 nitrogen and oxygen atoms in total. The first-order valence-corrected chi connectivity index (χ1v) is 9.44. The van der Waals surface area contributed by atoms with Crippen LogP contribution < -0.4 is 5.32 Å². The molecule has 27 heavy (non-hydrogen) atoms. The molecule has 2 aromatic carbocycles. The Morgan fingerprint density at radius 3 is 2.48 bits per heavy atom. The predicted molar refractivity (Wildman–Crippen MR) is 108 cm³/mol. The van der Waals surface area contributed by atoms with Crippen LogP contribution in [0.4, 0.5) is 5.69 Å². The Morgan fingerprint density at radius 2 is 1.78 bits per heavy atom. The molecule has 0 spiro atoms. The van der Waals surface area contributed by atoms with Crippen molar-refractivity contribution in [2.24, 2.45) is 0 Å². The molecular formula is C21H24ClN3O2. The summed E-state index contributed by atoms with van der Waals surface area (Å²) in [7, 11) is 0. The van der Waals surface area contributed by atoms with E-state index < -0.39 is 0 Å². The lowest BCUT2D eigenvalue weighted by Gasteiger charge is -2.34. The molecule has 1 aliphatic rings. The molecule has 6 heteroatoms. The fraction of sp³-hybridized carbons (Fsp3) is 0.333. The highest BCUT2D eigenvalue weighted by atomic mass is 35.5. The number of benzene rings is 2. The first-order chi connectivity index (χ1) is 12.9. The second-order valence-corrected chi connectivity index (χ2v) is 7.38. The van der Waals surface area contributed by atoms with Crippen molar-refractivity contribution in [2.75, 3.05) is 38.0 Å². The van der Waals surface area contributed by atoms with E-state index >= 15 is 0 Å². The van der Waals surface area contributed by atoms with Crippen LogP contribution in [0.5, 0.6) is 0 Å².